The molecule has 2 aromatic rings. The normalized spacial score (nSPS) is 17.3. The van der Waals surface area contributed by atoms with Gasteiger partial charge in [-0.3, -0.25) is 4.90 Å². The molecule has 0 unspecified atom stereocenters. The summed E-state index contributed by atoms with van der Waals surface area (Å²) in [6, 6.07) is 3.06. The van der Waals surface area contributed by atoms with E-state index in [4.69, 9.17) is 0 Å². The van der Waals surface area contributed by atoms with Gasteiger partial charge < -0.3 is 0 Å². The minimum absolute atomic E-state index is 0.194. The molecular weight excluding hydrogens is 356 g/mol. The Morgan fingerprint density at radius 1 is 1.17 bits per heavy atom. The van der Waals surface area contributed by atoms with Crippen LogP contribution in [0.3, 0.4) is 0 Å². The summed E-state index contributed by atoms with van der Waals surface area (Å²) in [5, 5.41) is 2.97. The molecule has 0 N–H and O–H groups in total. The molecule has 5 nitrogen and oxygen atoms in total. The molecule has 0 atom stereocenters. The van der Waals surface area contributed by atoms with Crippen molar-refractivity contribution in [2.75, 3.05) is 26.2 Å². The first-order valence-electron chi connectivity index (χ1n) is 7.45. The Balaban J connectivity index is 1.69. The van der Waals surface area contributed by atoms with E-state index in [-0.39, 0.29) is 13.1 Å². The second-order valence-electron chi connectivity index (χ2n) is 5.59. The average molecular weight is 373 g/mol. The van der Waals surface area contributed by atoms with Crippen LogP contribution in [0.5, 0.6) is 0 Å². The van der Waals surface area contributed by atoms with Crippen molar-refractivity contribution in [1.82, 2.24) is 14.2 Å². The van der Waals surface area contributed by atoms with Gasteiger partial charge in [-0.05, 0) is 19.1 Å². The maximum atomic E-state index is 13.8. The first-order valence-corrected chi connectivity index (χ1v) is 9.77. The van der Waals surface area contributed by atoms with E-state index >= 15 is 0 Å². The molecule has 0 spiro atoms. The van der Waals surface area contributed by atoms with Gasteiger partial charge in [0.15, 0.2) is 4.90 Å². The van der Waals surface area contributed by atoms with Crippen LogP contribution >= 0.6 is 11.3 Å². The number of aromatic nitrogens is 1. The van der Waals surface area contributed by atoms with Crippen molar-refractivity contribution >= 4 is 21.4 Å². The quantitative estimate of drug-likeness (QED) is 0.825. The maximum absolute atomic E-state index is 13.8. The Morgan fingerprint density at radius 2 is 1.79 bits per heavy atom. The van der Waals surface area contributed by atoms with Crippen molar-refractivity contribution in [2.45, 2.75) is 18.4 Å². The molecule has 24 heavy (non-hydrogen) atoms. The zero-order valence-electron chi connectivity index (χ0n) is 13.1. The number of rotatable bonds is 4. The van der Waals surface area contributed by atoms with Crippen molar-refractivity contribution in [3.63, 3.8) is 0 Å². The Labute approximate surface area is 143 Å². The summed E-state index contributed by atoms with van der Waals surface area (Å²) in [6.07, 6.45) is 0. The largest absolute Gasteiger partial charge is 0.295 e. The Kier molecular flexibility index (Phi) is 4.95. The van der Waals surface area contributed by atoms with Crippen LogP contribution in [-0.4, -0.2) is 48.8 Å². The Hall–Kier alpha value is -1.42. The highest BCUT2D eigenvalue weighted by atomic mass is 32.2. The topological polar surface area (TPSA) is 53.5 Å². The molecule has 130 valence electrons. The van der Waals surface area contributed by atoms with Crippen LogP contribution in [0.4, 0.5) is 8.78 Å². The summed E-state index contributed by atoms with van der Waals surface area (Å²) in [5.41, 5.74) is 0.953. The summed E-state index contributed by atoms with van der Waals surface area (Å²) in [5.74, 6) is -2.12. The van der Waals surface area contributed by atoms with Crippen molar-refractivity contribution < 1.29 is 17.2 Å². The minimum atomic E-state index is -4.17. The third-order valence-electron chi connectivity index (χ3n) is 3.90. The number of nitrogens with zero attached hydrogens (tertiary/aromatic N) is 3. The molecular formula is C15H17F2N3O2S2. The molecule has 0 radical (unpaired) electrons. The van der Waals surface area contributed by atoms with Crippen LogP contribution in [0.15, 0.2) is 28.5 Å². The number of benzene rings is 1. The van der Waals surface area contributed by atoms with Gasteiger partial charge in [-0.15, -0.1) is 11.3 Å². The number of halogens is 2. The van der Waals surface area contributed by atoms with E-state index in [2.05, 4.69) is 9.88 Å². The lowest BCUT2D eigenvalue weighted by molar-refractivity contribution is 0.179. The number of hydrogen-bond acceptors (Lipinski definition) is 5. The van der Waals surface area contributed by atoms with E-state index in [1.807, 2.05) is 12.3 Å². The fourth-order valence-corrected chi connectivity index (χ4v) is 4.83. The van der Waals surface area contributed by atoms with Crippen molar-refractivity contribution in [1.29, 1.82) is 0 Å². The van der Waals surface area contributed by atoms with Gasteiger partial charge in [0.1, 0.15) is 11.6 Å². The molecule has 1 aromatic heterocycles. The van der Waals surface area contributed by atoms with Crippen molar-refractivity contribution in [3.05, 3.63) is 45.9 Å². The summed E-state index contributed by atoms with van der Waals surface area (Å²) >= 11 is 1.57. The van der Waals surface area contributed by atoms with Gasteiger partial charge in [-0.25, -0.2) is 22.2 Å². The number of aryl methyl sites for hydroxylation is 1. The van der Waals surface area contributed by atoms with Crippen LogP contribution in [0.25, 0.3) is 0 Å². The molecule has 1 aliphatic heterocycles. The van der Waals surface area contributed by atoms with Gasteiger partial charge in [0.2, 0.25) is 10.0 Å². The number of sulfonamides is 1. The predicted octanol–water partition coefficient (Wildman–Crippen LogP) is 2.24. The molecule has 2 heterocycles. The monoisotopic (exact) mass is 373 g/mol. The predicted molar refractivity (Wildman–Crippen MR) is 87.2 cm³/mol. The highest BCUT2D eigenvalue weighted by Gasteiger charge is 2.33. The number of piperazine rings is 1. The van der Waals surface area contributed by atoms with E-state index in [9.17, 15) is 17.2 Å². The van der Waals surface area contributed by atoms with E-state index in [0.29, 0.717) is 19.6 Å². The second-order valence-corrected chi connectivity index (χ2v) is 8.53. The van der Waals surface area contributed by atoms with Gasteiger partial charge in [-0.1, -0.05) is 6.07 Å². The first kappa shape index (κ1) is 17.4. The summed E-state index contributed by atoms with van der Waals surface area (Å²) in [7, 11) is -4.17. The van der Waals surface area contributed by atoms with E-state index < -0.39 is 26.6 Å². The third-order valence-corrected chi connectivity index (χ3v) is 6.67. The van der Waals surface area contributed by atoms with Crippen molar-refractivity contribution in [3.8, 4) is 0 Å². The first-order chi connectivity index (χ1) is 11.4. The molecule has 0 bridgehead atoms. The molecule has 1 saturated heterocycles. The van der Waals surface area contributed by atoms with E-state index in [1.165, 1.54) is 0 Å². The molecule has 0 amide bonds. The standard InChI is InChI=1S/C15H17F2N3O2S2/c1-11-18-12(10-23-11)9-19-5-7-20(8-6-19)24(21,22)15-13(16)3-2-4-14(15)17/h2-4,10H,5-9H2,1H3. The lowest BCUT2D eigenvalue weighted by Gasteiger charge is -2.33. The molecule has 1 aliphatic rings. The lowest BCUT2D eigenvalue weighted by atomic mass is 10.3. The highest BCUT2D eigenvalue weighted by Crippen LogP contribution is 2.24. The van der Waals surface area contributed by atoms with E-state index in [0.717, 1.165) is 33.2 Å². The maximum Gasteiger partial charge on any atom is 0.249 e. The zero-order valence-corrected chi connectivity index (χ0v) is 14.7. The minimum Gasteiger partial charge on any atom is -0.295 e. The van der Waals surface area contributed by atoms with Crippen LogP contribution in [0.2, 0.25) is 0 Å². The molecule has 1 fully saturated rings. The summed E-state index contributed by atoms with van der Waals surface area (Å²) < 4.78 is 53.8. The number of hydrogen-bond donors (Lipinski definition) is 0. The van der Waals surface area contributed by atoms with Gasteiger partial charge in [0.25, 0.3) is 0 Å². The van der Waals surface area contributed by atoms with Crippen LogP contribution in [0, 0.1) is 18.6 Å². The smallest absolute Gasteiger partial charge is 0.249 e. The molecule has 9 heteroatoms. The molecule has 1 aromatic carbocycles. The molecule has 3 rings (SSSR count). The van der Waals surface area contributed by atoms with Gasteiger partial charge >= 0.3 is 0 Å². The Morgan fingerprint density at radius 3 is 2.33 bits per heavy atom. The average Bonchev–Trinajstić information content (AvgIpc) is 2.92. The van der Waals surface area contributed by atoms with E-state index in [1.54, 1.807) is 11.3 Å². The second kappa shape index (κ2) is 6.83. The van der Waals surface area contributed by atoms with Gasteiger partial charge in [-0.2, -0.15) is 4.31 Å². The zero-order chi connectivity index (χ0) is 17.3. The fourth-order valence-electron chi connectivity index (χ4n) is 2.70. The Bertz CT molecular complexity index is 811. The summed E-state index contributed by atoms with van der Waals surface area (Å²) in [4.78, 5) is 5.60. The molecule has 0 aliphatic carbocycles. The lowest BCUT2D eigenvalue weighted by Crippen LogP contribution is -2.48. The fraction of sp³-hybridized carbons (Fsp3) is 0.400. The third kappa shape index (κ3) is 3.49. The van der Waals surface area contributed by atoms with Gasteiger partial charge in [0.05, 0.1) is 10.7 Å². The van der Waals surface area contributed by atoms with Crippen LogP contribution < -0.4 is 0 Å². The number of thiazole rings is 1. The summed E-state index contributed by atoms with van der Waals surface area (Å²) in [6.45, 7) is 3.95. The SMILES string of the molecule is Cc1nc(CN2CCN(S(=O)(=O)c3c(F)cccc3F)CC2)cs1. The van der Waals surface area contributed by atoms with Crippen LogP contribution in [0.1, 0.15) is 10.7 Å². The van der Waals surface area contributed by atoms with Crippen molar-refractivity contribution in [2.24, 2.45) is 0 Å². The van der Waals surface area contributed by atoms with Gasteiger partial charge in [0, 0.05) is 38.1 Å². The van der Waals surface area contributed by atoms with Crippen LogP contribution in [-0.2, 0) is 16.6 Å². The molecule has 0 saturated carbocycles. The highest BCUT2D eigenvalue weighted by molar-refractivity contribution is 7.89.